The Hall–Kier alpha value is -1.80. The van der Waals surface area contributed by atoms with Gasteiger partial charge in [-0.05, 0) is 47.6 Å². The minimum absolute atomic E-state index is 0.0261. The summed E-state index contributed by atoms with van der Waals surface area (Å²) in [6.45, 7) is 0. The van der Waals surface area contributed by atoms with Crippen molar-refractivity contribution in [2.45, 2.75) is 43.8 Å². The molecule has 1 amide bonds. The summed E-state index contributed by atoms with van der Waals surface area (Å²) >= 11 is 1.42. The number of nitrogens with one attached hydrogen (secondary N) is 2. The average Bonchev–Trinajstić information content (AvgIpc) is 3.18. The van der Waals surface area contributed by atoms with Gasteiger partial charge >= 0.3 is 0 Å². The van der Waals surface area contributed by atoms with Crippen molar-refractivity contribution in [3.8, 4) is 5.69 Å². The van der Waals surface area contributed by atoms with E-state index >= 15 is 0 Å². The largest absolute Gasteiger partial charge is 0.348 e. The van der Waals surface area contributed by atoms with E-state index in [2.05, 4.69) is 26.2 Å². The van der Waals surface area contributed by atoms with Crippen molar-refractivity contribution in [2.24, 2.45) is 0 Å². The Morgan fingerprint density at radius 3 is 2.90 bits per heavy atom. The lowest BCUT2D eigenvalue weighted by Gasteiger charge is -2.29. The van der Waals surface area contributed by atoms with Crippen LogP contribution in [0.5, 0.6) is 0 Å². The third kappa shape index (κ3) is 2.44. The van der Waals surface area contributed by atoms with E-state index in [-0.39, 0.29) is 11.9 Å². The van der Waals surface area contributed by atoms with Gasteiger partial charge in [-0.15, -0.1) is 16.4 Å². The molecule has 2 aromatic rings. The second-order valence-electron chi connectivity index (χ2n) is 5.67. The van der Waals surface area contributed by atoms with E-state index < -0.39 is 0 Å². The van der Waals surface area contributed by atoms with Crippen LogP contribution in [0.25, 0.3) is 5.69 Å². The van der Waals surface area contributed by atoms with E-state index in [9.17, 15) is 4.79 Å². The Morgan fingerprint density at radius 2 is 2.19 bits per heavy atom. The minimum atomic E-state index is -0.0261. The maximum atomic E-state index is 12.5. The third-order valence-electron chi connectivity index (χ3n) is 4.25. The highest BCUT2D eigenvalue weighted by atomic mass is 32.1. The van der Waals surface area contributed by atoms with Crippen molar-refractivity contribution < 1.29 is 4.79 Å². The first-order valence-electron chi connectivity index (χ1n) is 7.17. The van der Waals surface area contributed by atoms with Crippen molar-refractivity contribution >= 4 is 17.2 Å². The Morgan fingerprint density at radius 1 is 1.38 bits per heavy atom. The Labute approximate surface area is 125 Å². The number of piperidine rings is 1. The second-order valence-corrected chi connectivity index (χ2v) is 6.59. The molecule has 4 heterocycles. The maximum absolute atomic E-state index is 12.5. The molecule has 110 valence electrons. The molecule has 0 saturated carbocycles. The molecule has 0 spiro atoms. The lowest BCUT2D eigenvalue weighted by atomic mass is 10.00. The lowest BCUT2D eigenvalue weighted by Crippen LogP contribution is -2.48. The van der Waals surface area contributed by atoms with Gasteiger partial charge in [0.05, 0.1) is 5.69 Å². The molecular formula is C13H16N6OS. The summed E-state index contributed by atoms with van der Waals surface area (Å²) in [5.41, 5.74) is 0.736. The van der Waals surface area contributed by atoms with Crippen LogP contribution in [0.3, 0.4) is 0 Å². The normalized spacial score (nSPS) is 27.7. The van der Waals surface area contributed by atoms with Gasteiger partial charge in [0, 0.05) is 18.1 Å². The number of tetrazole rings is 1. The van der Waals surface area contributed by atoms with Crippen LogP contribution in [-0.4, -0.2) is 44.2 Å². The minimum Gasteiger partial charge on any atom is -0.348 e. The van der Waals surface area contributed by atoms with Crippen LogP contribution in [-0.2, 0) is 0 Å². The number of nitrogens with zero attached hydrogens (tertiary/aromatic N) is 4. The van der Waals surface area contributed by atoms with Crippen LogP contribution in [0.15, 0.2) is 17.8 Å². The molecule has 2 saturated heterocycles. The summed E-state index contributed by atoms with van der Waals surface area (Å²) in [6, 6.07) is 3.26. The van der Waals surface area contributed by atoms with E-state index in [0.29, 0.717) is 17.0 Å². The summed E-state index contributed by atoms with van der Waals surface area (Å²) in [5.74, 6) is -0.0261. The van der Waals surface area contributed by atoms with Gasteiger partial charge in [0.1, 0.15) is 11.2 Å². The van der Waals surface area contributed by atoms with Crippen LogP contribution in [0, 0.1) is 0 Å². The highest BCUT2D eigenvalue weighted by Gasteiger charge is 2.34. The maximum Gasteiger partial charge on any atom is 0.263 e. The van der Waals surface area contributed by atoms with Crippen molar-refractivity contribution in [2.75, 3.05) is 0 Å². The smallest absolute Gasteiger partial charge is 0.263 e. The second kappa shape index (κ2) is 5.19. The molecule has 2 atom stereocenters. The average molecular weight is 304 g/mol. The molecule has 21 heavy (non-hydrogen) atoms. The quantitative estimate of drug-likeness (QED) is 0.873. The van der Waals surface area contributed by atoms with Crippen molar-refractivity contribution in [1.29, 1.82) is 0 Å². The number of amides is 1. The fourth-order valence-corrected chi connectivity index (χ4v) is 4.13. The van der Waals surface area contributed by atoms with E-state index in [4.69, 9.17) is 0 Å². The summed E-state index contributed by atoms with van der Waals surface area (Å²) in [5, 5.41) is 19.7. The zero-order valence-electron chi connectivity index (χ0n) is 11.4. The summed E-state index contributed by atoms with van der Waals surface area (Å²) in [6.07, 6.45) is 6.00. The zero-order valence-corrected chi connectivity index (χ0v) is 12.2. The zero-order chi connectivity index (χ0) is 14.2. The number of carbonyl (C=O) groups excluding carboxylic acids is 1. The van der Waals surface area contributed by atoms with Crippen LogP contribution in [0.1, 0.15) is 35.4 Å². The first-order chi connectivity index (χ1) is 10.3. The predicted octanol–water partition coefficient (Wildman–Crippen LogP) is 0.737. The van der Waals surface area contributed by atoms with Gasteiger partial charge in [-0.1, -0.05) is 0 Å². The number of carbonyl (C=O) groups is 1. The molecule has 0 aromatic carbocycles. The molecule has 0 radical (unpaired) electrons. The first kappa shape index (κ1) is 12.9. The van der Waals surface area contributed by atoms with Gasteiger partial charge < -0.3 is 10.6 Å². The fourth-order valence-electron chi connectivity index (χ4n) is 3.35. The Kier molecular flexibility index (Phi) is 3.19. The standard InChI is InChI=1S/C13H16N6OS/c20-13(16-10-5-8-1-2-9(6-10)15-8)12-11(3-4-21-12)19-7-14-17-18-19/h3-4,7-10,15H,1-2,5-6H2,(H,16,20). The SMILES string of the molecule is O=C(NC1CC2CCC(C1)N2)c1sccc1-n1cnnn1. The van der Waals surface area contributed by atoms with E-state index in [0.717, 1.165) is 18.5 Å². The van der Waals surface area contributed by atoms with E-state index in [1.807, 2.05) is 11.4 Å². The number of hydrogen-bond acceptors (Lipinski definition) is 6. The van der Waals surface area contributed by atoms with Gasteiger partial charge in [-0.2, -0.15) is 4.68 Å². The highest BCUT2D eigenvalue weighted by molar-refractivity contribution is 7.12. The van der Waals surface area contributed by atoms with Gasteiger partial charge in [0.15, 0.2) is 0 Å². The third-order valence-corrected chi connectivity index (χ3v) is 5.16. The molecule has 2 N–H and O–H groups in total. The molecule has 7 nitrogen and oxygen atoms in total. The van der Waals surface area contributed by atoms with Gasteiger partial charge in [-0.25, -0.2) is 0 Å². The Bertz CT molecular complexity index is 627. The number of hydrogen-bond donors (Lipinski definition) is 2. The first-order valence-corrected chi connectivity index (χ1v) is 8.05. The summed E-state index contributed by atoms with van der Waals surface area (Å²) in [4.78, 5) is 13.2. The van der Waals surface area contributed by atoms with Gasteiger partial charge in [0.2, 0.25) is 0 Å². The number of rotatable bonds is 3. The number of thiophene rings is 1. The predicted molar refractivity (Wildman–Crippen MR) is 77.5 cm³/mol. The fraction of sp³-hybridized carbons (Fsp3) is 0.538. The van der Waals surface area contributed by atoms with Crippen molar-refractivity contribution in [3.63, 3.8) is 0 Å². The molecule has 8 heteroatoms. The van der Waals surface area contributed by atoms with E-state index in [1.54, 1.807) is 0 Å². The molecular weight excluding hydrogens is 288 g/mol. The summed E-state index contributed by atoms with van der Waals surface area (Å²) < 4.78 is 1.53. The molecule has 2 bridgehead atoms. The highest BCUT2D eigenvalue weighted by Crippen LogP contribution is 2.27. The van der Waals surface area contributed by atoms with Crippen LogP contribution in [0.4, 0.5) is 0 Å². The molecule has 2 fully saturated rings. The van der Waals surface area contributed by atoms with Gasteiger partial charge in [-0.3, -0.25) is 4.79 Å². The van der Waals surface area contributed by atoms with Crippen molar-refractivity contribution in [3.05, 3.63) is 22.7 Å². The molecule has 2 unspecified atom stereocenters. The number of aromatic nitrogens is 4. The Balaban J connectivity index is 1.50. The van der Waals surface area contributed by atoms with E-state index in [1.165, 1.54) is 35.2 Å². The molecule has 2 aromatic heterocycles. The van der Waals surface area contributed by atoms with Crippen molar-refractivity contribution in [1.82, 2.24) is 30.8 Å². The molecule has 2 aliphatic heterocycles. The molecule has 2 aliphatic rings. The number of fused-ring (bicyclic) bond motifs is 2. The molecule has 4 rings (SSSR count). The summed E-state index contributed by atoms with van der Waals surface area (Å²) in [7, 11) is 0. The van der Waals surface area contributed by atoms with Gasteiger partial charge in [0.25, 0.3) is 5.91 Å². The molecule has 0 aliphatic carbocycles. The van der Waals surface area contributed by atoms with Crippen LogP contribution >= 0.6 is 11.3 Å². The lowest BCUT2D eigenvalue weighted by molar-refractivity contribution is 0.0928. The van der Waals surface area contributed by atoms with Crippen LogP contribution in [0.2, 0.25) is 0 Å². The van der Waals surface area contributed by atoms with Crippen LogP contribution < -0.4 is 10.6 Å². The monoisotopic (exact) mass is 304 g/mol. The topological polar surface area (TPSA) is 84.7 Å².